The Labute approximate surface area is 74.4 Å². The van der Waals surface area contributed by atoms with E-state index in [-0.39, 0.29) is 0 Å². The van der Waals surface area contributed by atoms with Crippen LogP contribution in [-0.4, -0.2) is 6.16 Å². The summed E-state index contributed by atoms with van der Waals surface area (Å²) < 4.78 is 0. The van der Waals surface area contributed by atoms with Crippen LogP contribution < -0.4 is 0 Å². The summed E-state index contributed by atoms with van der Waals surface area (Å²) in [6, 6.07) is 0. The van der Waals surface area contributed by atoms with Gasteiger partial charge in [0, 0.05) is 0 Å². The SMILES string of the molecule is CC(C)CCCC(C)CC[PH]. The first-order valence-electron chi connectivity index (χ1n) is 4.81. The molecule has 0 aliphatic carbocycles. The van der Waals surface area contributed by atoms with Crippen molar-refractivity contribution in [1.29, 1.82) is 0 Å². The van der Waals surface area contributed by atoms with Crippen LogP contribution in [0, 0.1) is 11.8 Å². The van der Waals surface area contributed by atoms with Gasteiger partial charge < -0.3 is 0 Å². The van der Waals surface area contributed by atoms with Gasteiger partial charge in [-0.15, -0.1) is 0 Å². The van der Waals surface area contributed by atoms with E-state index in [2.05, 4.69) is 30.0 Å². The van der Waals surface area contributed by atoms with Gasteiger partial charge in [0.15, 0.2) is 0 Å². The van der Waals surface area contributed by atoms with E-state index in [0.29, 0.717) is 0 Å². The van der Waals surface area contributed by atoms with Crippen LogP contribution in [0.1, 0.15) is 46.5 Å². The fourth-order valence-corrected chi connectivity index (χ4v) is 1.76. The van der Waals surface area contributed by atoms with Gasteiger partial charge in [-0.1, -0.05) is 49.3 Å². The summed E-state index contributed by atoms with van der Waals surface area (Å²) in [5.74, 6) is 1.79. The Morgan fingerprint density at radius 1 is 1.00 bits per heavy atom. The molecule has 0 aliphatic heterocycles. The van der Waals surface area contributed by atoms with Crippen molar-refractivity contribution in [3.8, 4) is 0 Å². The lowest BCUT2D eigenvalue weighted by Crippen LogP contribution is -1.96. The predicted octanol–water partition coefficient (Wildman–Crippen LogP) is 3.98. The van der Waals surface area contributed by atoms with Gasteiger partial charge in [0.1, 0.15) is 0 Å². The summed E-state index contributed by atoms with van der Waals surface area (Å²) in [6.45, 7) is 6.95. The second kappa shape index (κ2) is 7.10. The van der Waals surface area contributed by atoms with Crippen LogP contribution in [0.4, 0.5) is 0 Å². The van der Waals surface area contributed by atoms with E-state index in [9.17, 15) is 0 Å². The Kier molecular flexibility index (Phi) is 7.38. The minimum absolute atomic E-state index is 0.880. The molecule has 0 nitrogen and oxygen atoms in total. The first-order valence-corrected chi connectivity index (χ1v) is 5.52. The van der Waals surface area contributed by atoms with Gasteiger partial charge in [0.05, 0.1) is 0 Å². The van der Waals surface area contributed by atoms with E-state index in [1.807, 2.05) is 0 Å². The minimum atomic E-state index is 0.880. The lowest BCUT2D eigenvalue weighted by Gasteiger charge is -2.10. The molecule has 1 atom stereocenters. The molecule has 0 rings (SSSR count). The lowest BCUT2D eigenvalue weighted by molar-refractivity contribution is 0.451. The van der Waals surface area contributed by atoms with Crippen molar-refractivity contribution in [2.24, 2.45) is 11.8 Å². The molecule has 1 heteroatoms. The summed E-state index contributed by atoms with van der Waals surface area (Å²) >= 11 is 0. The minimum Gasteiger partial charge on any atom is -0.0992 e. The molecule has 0 heterocycles. The highest BCUT2D eigenvalue weighted by Gasteiger charge is 2.00. The molecule has 0 bridgehead atoms. The molecule has 0 saturated carbocycles. The summed E-state index contributed by atoms with van der Waals surface area (Å²) in [7, 11) is 3.52. The second-order valence-electron chi connectivity index (χ2n) is 3.97. The fraction of sp³-hybridized carbons (Fsp3) is 1.00. The Morgan fingerprint density at radius 2 is 1.64 bits per heavy atom. The normalized spacial score (nSPS) is 13.9. The number of hydrogen-bond donors (Lipinski definition) is 0. The summed E-state index contributed by atoms with van der Waals surface area (Å²) in [4.78, 5) is 0. The van der Waals surface area contributed by atoms with Crippen molar-refractivity contribution >= 4 is 9.24 Å². The maximum atomic E-state index is 3.52. The quantitative estimate of drug-likeness (QED) is 0.533. The van der Waals surface area contributed by atoms with E-state index in [4.69, 9.17) is 0 Å². The van der Waals surface area contributed by atoms with Gasteiger partial charge in [0.2, 0.25) is 0 Å². The van der Waals surface area contributed by atoms with Gasteiger partial charge in [-0.3, -0.25) is 0 Å². The molecule has 0 aromatic heterocycles. The molecule has 0 spiro atoms. The van der Waals surface area contributed by atoms with E-state index in [0.717, 1.165) is 18.0 Å². The monoisotopic (exact) mass is 173 g/mol. The number of hydrogen-bond acceptors (Lipinski definition) is 0. The van der Waals surface area contributed by atoms with Crippen LogP contribution in [0.2, 0.25) is 0 Å². The Hall–Kier alpha value is 0.430. The molecule has 0 fully saturated rings. The van der Waals surface area contributed by atoms with Crippen LogP contribution in [0.5, 0.6) is 0 Å². The molecule has 1 radical (unpaired) electrons. The van der Waals surface area contributed by atoms with Crippen LogP contribution in [-0.2, 0) is 0 Å². The highest BCUT2D eigenvalue weighted by atomic mass is 31.0. The Bertz CT molecular complexity index is 78.9. The summed E-state index contributed by atoms with van der Waals surface area (Å²) in [5.41, 5.74) is 0. The molecule has 67 valence electrons. The maximum Gasteiger partial charge on any atom is -0.0314 e. The molecular formula is C10H22P. The average molecular weight is 173 g/mol. The van der Waals surface area contributed by atoms with Crippen LogP contribution in [0.25, 0.3) is 0 Å². The average Bonchev–Trinajstić information content (AvgIpc) is 1.87. The third-order valence-electron chi connectivity index (χ3n) is 2.12. The van der Waals surface area contributed by atoms with Gasteiger partial charge in [0.25, 0.3) is 0 Å². The Balaban J connectivity index is 3.10. The molecule has 0 amide bonds. The van der Waals surface area contributed by atoms with Crippen molar-refractivity contribution < 1.29 is 0 Å². The van der Waals surface area contributed by atoms with Gasteiger partial charge in [-0.05, 0) is 24.4 Å². The van der Waals surface area contributed by atoms with Crippen LogP contribution >= 0.6 is 9.24 Å². The maximum absolute atomic E-state index is 3.52. The van der Waals surface area contributed by atoms with Crippen molar-refractivity contribution in [1.82, 2.24) is 0 Å². The third kappa shape index (κ3) is 8.34. The lowest BCUT2D eigenvalue weighted by atomic mass is 9.98. The van der Waals surface area contributed by atoms with E-state index in [1.54, 1.807) is 0 Å². The predicted molar refractivity (Wildman–Crippen MR) is 55.7 cm³/mol. The third-order valence-corrected chi connectivity index (χ3v) is 2.40. The van der Waals surface area contributed by atoms with Crippen molar-refractivity contribution in [3.63, 3.8) is 0 Å². The Morgan fingerprint density at radius 3 is 2.09 bits per heavy atom. The van der Waals surface area contributed by atoms with Crippen molar-refractivity contribution in [2.45, 2.75) is 46.5 Å². The standard InChI is InChI=1S/C10H22P/c1-9(2)5-4-6-10(3)7-8-11/h9-11H,4-8H2,1-3H3. The van der Waals surface area contributed by atoms with Gasteiger partial charge >= 0.3 is 0 Å². The zero-order valence-electron chi connectivity index (χ0n) is 8.19. The molecular weight excluding hydrogens is 151 g/mol. The first kappa shape index (κ1) is 11.4. The molecule has 0 aliphatic rings. The first-order chi connectivity index (χ1) is 5.16. The largest absolute Gasteiger partial charge is 0.0992 e. The molecule has 0 aromatic carbocycles. The van der Waals surface area contributed by atoms with E-state index in [1.165, 1.54) is 25.7 Å². The van der Waals surface area contributed by atoms with Crippen LogP contribution in [0.3, 0.4) is 0 Å². The van der Waals surface area contributed by atoms with Crippen molar-refractivity contribution in [2.75, 3.05) is 6.16 Å². The molecule has 0 saturated heterocycles. The van der Waals surface area contributed by atoms with Crippen molar-refractivity contribution in [3.05, 3.63) is 0 Å². The van der Waals surface area contributed by atoms with Gasteiger partial charge in [-0.2, -0.15) is 0 Å². The molecule has 1 unspecified atom stereocenters. The number of rotatable bonds is 6. The second-order valence-corrected chi connectivity index (χ2v) is 4.47. The van der Waals surface area contributed by atoms with E-state index < -0.39 is 0 Å². The fourth-order valence-electron chi connectivity index (χ4n) is 1.27. The molecule has 11 heavy (non-hydrogen) atoms. The topological polar surface area (TPSA) is 0 Å². The smallest absolute Gasteiger partial charge is 0.0314 e. The summed E-state index contributed by atoms with van der Waals surface area (Å²) in [6.07, 6.45) is 6.69. The molecule has 0 N–H and O–H groups in total. The summed E-state index contributed by atoms with van der Waals surface area (Å²) in [5, 5.41) is 0. The zero-order chi connectivity index (χ0) is 8.69. The highest BCUT2D eigenvalue weighted by Crippen LogP contribution is 2.15. The zero-order valence-corrected chi connectivity index (χ0v) is 9.19. The molecule has 0 aromatic rings. The highest BCUT2D eigenvalue weighted by molar-refractivity contribution is 7.16. The van der Waals surface area contributed by atoms with Crippen LogP contribution in [0.15, 0.2) is 0 Å². The van der Waals surface area contributed by atoms with E-state index >= 15 is 0 Å². The van der Waals surface area contributed by atoms with Gasteiger partial charge in [-0.25, -0.2) is 0 Å².